The van der Waals surface area contributed by atoms with Gasteiger partial charge < -0.3 is 20.1 Å². The number of hydrogen-bond donors (Lipinski definition) is 2. The van der Waals surface area contributed by atoms with Gasteiger partial charge in [-0.3, -0.25) is 0 Å². The third kappa shape index (κ3) is 3.47. The lowest BCUT2D eigenvalue weighted by Crippen LogP contribution is -2.46. The average Bonchev–Trinajstić information content (AvgIpc) is 3.10. The van der Waals surface area contributed by atoms with E-state index in [0.29, 0.717) is 24.1 Å². The van der Waals surface area contributed by atoms with Crippen LogP contribution >= 0.6 is 11.6 Å². The number of urea groups is 1. The number of ether oxygens (including phenoxy) is 2. The first-order chi connectivity index (χ1) is 10.7. The third-order valence-corrected chi connectivity index (χ3v) is 4.58. The van der Waals surface area contributed by atoms with Crippen LogP contribution in [0.15, 0.2) is 18.2 Å². The molecule has 0 spiro atoms. The molecular formula is C16H21ClN2O3. The number of carbonyl (C=O) groups excluding carboxylic acids is 1. The van der Waals surface area contributed by atoms with Crippen molar-refractivity contribution >= 4 is 17.6 Å². The van der Waals surface area contributed by atoms with Crippen LogP contribution in [0.4, 0.5) is 4.79 Å². The van der Waals surface area contributed by atoms with Crippen molar-refractivity contribution in [1.29, 1.82) is 0 Å². The molecule has 0 aliphatic carbocycles. The van der Waals surface area contributed by atoms with Gasteiger partial charge in [-0.15, -0.1) is 0 Å². The largest absolute Gasteiger partial charge is 0.496 e. The Morgan fingerprint density at radius 1 is 1.45 bits per heavy atom. The molecular weight excluding hydrogens is 304 g/mol. The molecule has 2 N–H and O–H groups in total. The maximum absolute atomic E-state index is 12.0. The van der Waals surface area contributed by atoms with Gasteiger partial charge in [0.15, 0.2) is 0 Å². The van der Waals surface area contributed by atoms with Crippen molar-refractivity contribution < 1.29 is 14.3 Å². The number of halogens is 1. The first-order valence-corrected chi connectivity index (χ1v) is 8.05. The van der Waals surface area contributed by atoms with Gasteiger partial charge in [0.25, 0.3) is 0 Å². The number of amides is 2. The lowest BCUT2D eigenvalue weighted by Gasteiger charge is -2.20. The van der Waals surface area contributed by atoms with E-state index in [1.807, 2.05) is 12.1 Å². The Morgan fingerprint density at radius 2 is 2.32 bits per heavy atom. The summed E-state index contributed by atoms with van der Waals surface area (Å²) in [6, 6.07) is 5.51. The van der Waals surface area contributed by atoms with Crippen molar-refractivity contribution in [3.8, 4) is 5.75 Å². The van der Waals surface area contributed by atoms with Crippen molar-refractivity contribution in [2.75, 3.05) is 13.7 Å². The van der Waals surface area contributed by atoms with Gasteiger partial charge in [-0.25, -0.2) is 4.79 Å². The van der Waals surface area contributed by atoms with E-state index < -0.39 is 0 Å². The monoisotopic (exact) mass is 324 g/mol. The van der Waals surface area contributed by atoms with E-state index in [0.717, 1.165) is 30.6 Å². The Labute approximate surface area is 135 Å². The Balaban J connectivity index is 1.45. The van der Waals surface area contributed by atoms with E-state index in [4.69, 9.17) is 21.1 Å². The van der Waals surface area contributed by atoms with E-state index in [9.17, 15) is 4.79 Å². The summed E-state index contributed by atoms with van der Waals surface area (Å²) >= 11 is 6.00. The van der Waals surface area contributed by atoms with Crippen LogP contribution in [-0.2, 0) is 11.2 Å². The van der Waals surface area contributed by atoms with Crippen LogP contribution in [0, 0.1) is 0 Å². The van der Waals surface area contributed by atoms with Crippen molar-refractivity contribution in [3.05, 3.63) is 28.8 Å². The second kappa shape index (κ2) is 6.75. The van der Waals surface area contributed by atoms with Crippen LogP contribution in [-0.4, -0.2) is 37.9 Å². The van der Waals surface area contributed by atoms with Gasteiger partial charge in [-0.1, -0.05) is 11.6 Å². The fraction of sp³-hybridized carbons (Fsp3) is 0.562. The second-order valence-electron chi connectivity index (χ2n) is 5.82. The maximum Gasteiger partial charge on any atom is 0.315 e. The van der Waals surface area contributed by atoms with Gasteiger partial charge in [-0.05, 0) is 49.4 Å². The molecule has 3 atom stereocenters. The number of nitrogens with one attached hydrogen (secondary N) is 2. The Hall–Kier alpha value is -1.46. The fourth-order valence-corrected chi connectivity index (χ4v) is 3.46. The van der Waals surface area contributed by atoms with E-state index in [1.54, 1.807) is 13.2 Å². The molecule has 2 amide bonds. The molecule has 120 valence electrons. The van der Waals surface area contributed by atoms with Gasteiger partial charge in [0.2, 0.25) is 0 Å². The molecule has 2 aliphatic rings. The normalized spacial score (nSPS) is 26.0. The second-order valence-corrected chi connectivity index (χ2v) is 6.26. The number of methoxy groups -OCH3 is 1. The smallest absolute Gasteiger partial charge is 0.315 e. The Bertz CT molecular complexity index is 552. The minimum atomic E-state index is -0.137. The topological polar surface area (TPSA) is 59.6 Å². The Morgan fingerprint density at radius 3 is 3.00 bits per heavy atom. The molecule has 0 radical (unpaired) electrons. The third-order valence-electron chi connectivity index (χ3n) is 4.34. The number of carbonyl (C=O) groups is 1. The van der Waals surface area contributed by atoms with Crippen LogP contribution in [0.5, 0.6) is 5.75 Å². The van der Waals surface area contributed by atoms with Gasteiger partial charge in [0, 0.05) is 11.6 Å². The highest BCUT2D eigenvalue weighted by molar-refractivity contribution is 6.30. The summed E-state index contributed by atoms with van der Waals surface area (Å²) in [4.78, 5) is 12.0. The first-order valence-electron chi connectivity index (χ1n) is 7.68. The summed E-state index contributed by atoms with van der Waals surface area (Å²) in [5, 5.41) is 6.55. The van der Waals surface area contributed by atoms with Crippen LogP contribution in [0.3, 0.4) is 0 Å². The summed E-state index contributed by atoms with van der Waals surface area (Å²) in [6.07, 6.45) is 4.31. The minimum absolute atomic E-state index is 0.137. The lowest BCUT2D eigenvalue weighted by atomic mass is 9.96. The van der Waals surface area contributed by atoms with Crippen LogP contribution in [0.2, 0.25) is 5.02 Å². The van der Waals surface area contributed by atoms with Crippen molar-refractivity contribution in [2.45, 2.75) is 43.9 Å². The predicted molar refractivity (Wildman–Crippen MR) is 84.5 cm³/mol. The zero-order valence-electron chi connectivity index (χ0n) is 12.6. The molecule has 2 aliphatic heterocycles. The molecule has 2 bridgehead atoms. The number of rotatable bonds is 5. The molecule has 1 aromatic rings. The highest BCUT2D eigenvalue weighted by atomic mass is 35.5. The predicted octanol–water partition coefficient (Wildman–Crippen LogP) is 2.51. The van der Waals surface area contributed by atoms with Crippen molar-refractivity contribution in [3.63, 3.8) is 0 Å². The minimum Gasteiger partial charge on any atom is -0.496 e. The molecule has 0 aromatic heterocycles. The Kier molecular flexibility index (Phi) is 4.74. The van der Waals surface area contributed by atoms with E-state index >= 15 is 0 Å². The zero-order chi connectivity index (χ0) is 15.5. The highest BCUT2D eigenvalue weighted by Crippen LogP contribution is 2.34. The fourth-order valence-electron chi connectivity index (χ4n) is 3.26. The van der Waals surface area contributed by atoms with E-state index in [1.165, 1.54) is 0 Å². The van der Waals surface area contributed by atoms with Crippen LogP contribution in [0.25, 0.3) is 0 Å². The van der Waals surface area contributed by atoms with Crippen molar-refractivity contribution in [2.24, 2.45) is 0 Å². The van der Waals surface area contributed by atoms with Crippen molar-refractivity contribution in [1.82, 2.24) is 10.6 Å². The van der Waals surface area contributed by atoms with Gasteiger partial charge in [0.1, 0.15) is 5.75 Å². The average molecular weight is 325 g/mol. The number of fused-ring (bicyclic) bond motifs is 2. The molecule has 1 aromatic carbocycles. The quantitative estimate of drug-likeness (QED) is 0.875. The molecule has 0 unspecified atom stereocenters. The summed E-state index contributed by atoms with van der Waals surface area (Å²) in [5.74, 6) is 0.785. The van der Waals surface area contributed by atoms with Gasteiger partial charge in [-0.2, -0.15) is 0 Å². The van der Waals surface area contributed by atoms with Crippen LogP contribution in [0.1, 0.15) is 24.8 Å². The molecule has 2 fully saturated rings. The number of benzene rings is 1. The number of hydrogen-bond acceptors (Lipinski definition) is 3. The molecule has 5 nitrogen and oxygen atoms in total. The zero-order valence-corrected chi connectivity index (χ0v) is 13.4. The lowest BCUT2D eigenvalue weighted by molar-refractivity contribution is 0.0981. The summed E-state index contributed by atoms with van der Waals surface area (Å²) in [5.41, 5.74) is 0.985. The van der Waals surface area contributed by atoms with Gasteiger partial charge >= 0.3 is 6.03 Å². The van der Waals surface area contributed by atoms with Gasteiger partial charge in [0.05, 0.1) is 25.4 Å². The molecule has 3 rings (SSSR count). The first kappa shape index (κ1) is 15.4. The summed E-state index contributed by atoms with van der Waals surface area (Å²) < 4.78 is 11.0. The molecule has 0 saturated carbocycles. The molecule has 2 heterocycles. The molecule has 2 saturated heterocycles. The standard InChI is InChI=1S/C16H21ClN2O3/c1-21-14-4-2-11(17)8-10(14)6-7-18-16(20)19-13-9-12-3-5-15(13)22-12/h2,4,8,12-13,15H,3,5-7,9H2,1H3,(H2,18,19,20)/t12-,13+,15-/m1/s1. The summed E-state index contributed by atoms with van der Waals surface area (Å²) in [7, 11) is 1.63. The SMILES string of the molecule is COc1ccc(Cl)cc1CCNC(=O)N[C@H]1C[C@H]2CC[C@H]1O2. The summed E-state index contributed by atoms with van der Waals surface area (Å²) in [6.45, 7) is 0.532. The highest BCUT2D eigenvalue weighted by Gasteiger charge is 2.41. The molecule has 6 heteroatoms. The van der Waals surface area contributed by atoms with Crippen LogP contribution < -0.4 is 15.4 Å². The van der Waals surface area contributed by atoms with E-state index in [-0.39, 0.29) is 18.2 Å². The van der Waals surface area contributed by atoms with E-state index in [2.05, 4.69) is 10.6 Å². The maximum atomic E-state index is 12.0. The molecule has 22 heavy (non-hydrogen) atoms.